The Kier molecular flexibility index (Phi) is 9.20. The van der Waals surface area contributed by atoms with Crippen LogP contribution in [0.2, 0.25) is 0 Å². The Hall–Kier alpha value is -3.48. The number of carboxylic acid groups (broad SMARTS) is 1. The van der Waals surface area contributed by atoms with E-state index in [0.29, 0.717) is 23.3 Å². The zero-order valence-electron chi connectivity index (χ0n) is 22.9. The number of carbonyl (C=O) groups is 1. The lowest BCUT2D eigenvalue weighted by atomic mass is 9.75. The van der Waals surface area contributed by atoms with Crippen LogP contribution in [-0.2, 0) is 17.8 Å². The molecule has 1 aromatic heterocycles. The first-order valence-electron chi connectivity index (χ1n) is 13.6. The number of aryl methyl sites for hydroxylation is 1. The summed E-state index contributed by atoms with van der Waals surface area (Å²) >= 11 is 0. The lowest BCUT2D eigenvalue weighted by molar-refractivity contribution is -0.136. The van der Waals surface area contributed by atoms with Crippen LogP contribution < -0.4 is 9.47 Å². The highest BCUT2D eigenvalue weighted by Gasteiger charge is 2.37. The van der Waals surface area contributed by atoms with E-state index in [2.05, 4.69) is 18.8 Å². The third kappa shape index (κ3) is 7.55. The number of methoxy groups -OCH3 is 1. The minimum absolute atomic E-state index is 0.00318. The fourth-order valence-electron chi connectivity index (χ4n) is 5.11. The zero-order valence-corrected chi connectivity index (χ0v) is 22.9. The molecule has 0 radical (unpaired) electrons. The van der Waals surface area contributed by atoms with E-state index in [1.807, 2.05) is 12.1 Å². The largest absolute Gasteiger partial charge is 0.489 e. The van der Waals surface area contributed by atoms with Gasteiger partial charge in [-0.15, -0.1) is 0 Å². The fourth-order valence-corrected chi connectivity index (χ4v) is 5.11. The summed E-state index contributed by atoms with van der Waals surface area (Å²) in [7, 11) is 1.46. The molecule has 1 N–H and O–H groups in total. The van der Waals surface area contributed by atoms with Gasteiger partial charge in [-0.05, 0) is 71.6 Å². The molecule has 39 heavy (non-hydrogen) atoms. The fraction of sp³-hybridized carbons (Fsp3) is 0.438. The molecule has 1 atom stereocenters. The van der Waals surface area contributed by atoms with Gasteiger partial charge in [-0.2, -0.15) is 0 Å². The maximum Gasteiger partial charge on any atom is 0.303 e. The van der Waals surface area contributed by atoms with Crippen LogP contribution in [0.1, 0.15) is 81.4 Å². The number of benzene rings is 2. The Morgan fingerprint density at radius 3 is 2.46 bits per heavy atom. The van der Waals surface area contributed by atoms with Gasteiger partial charge in [0.25, 0.3) is 0 Å². The topological polar surface area (TPSA) is 68.7 Å². The SMILES string of the molecule is C1CC1.COc1cc(-c2cc(F)c(COc3cccc(CCC(=O)O)c3)cc2C2CCCC2(C)C)c(F)cn1. The number of hydrogen-bond acceptors (Lipinski definition) is 4. The second kappa shape index (κ2) is 12.6. The molecule has 0 bridgehead atoms. The maximum atomic E-state index is 15.4. The third-order valence-electron chi connectivity index (χ3n) is 7.45. The van der Waals surface area contributed by atoms with Crippen molar-refractivity contribution in [2.45, 2.75) is 77.7 Å². The van der Waals surface area contributed by atoms with Crippen LogP contribution in [0.25, 0.3) is 11.1 Å². The van der Waals surface area contributed by atoms with E-state index in [9.17, 15) is 9.18 Å². The Bertz CT molecular complexity index is 1300. The Morgan fingerprint density at radius 2 is 1.82 bits per heavy atom. The molecule has 208 valence electrons. The molecule has 0 spiro atoms. The summed E-state index contributed by atoms with van der Waals surface area (Å²) in [4.78, 5) is 14.8. The second-order valence-corrected chi connectivity index (χ2v) is 11.1. The van der Waals surface area contributed by atoms with Crippen LogP contribution in [0.4, 0.5) is 8.78 Å². The Labute approximate surface area is 229 Å². The number of carboxylic acids is 1. The Balaban J connectivity index is 0.00000110. The van der Waals surface area contributed by atoms with Gasteiger partial charge in [-0.25, -0.2) is 13.8 Å². The second-order valence-electron chi connectivity index (χ2n) is 11.1. The van der Waals surface area contributed by atoms with Gasteiger partial charge in [0, 0.05) is 23.6 Å². The average Bonchev–Trinajstić information content (AvgIpc) is 3.76. The summed E-state index contributed by atoms with van der Waals surface area (Å²) in [6.07, 6.45) is 9.02. The standard InChI is InChI=1S/C29H31F2NO4.C3H6/c1-29(2)11-5-8-24(29)22-13-19(17-36-20-7-4-6-18(12-20)9-10-28(33)34)25(30)14-21(22)23-15-27(35-3)32-16-26(23)31;1-2-3-1/h4,6-7,12-16,24H,5,8-11,17H2,1-3H3,(H,33,34);1-3H2. The molecule has 0 aliphatic heterocycles. The quantitative estimate of drug-likeness (QED) is 0.299. The normalized spacial score (nSPS) is 17.2. The average molecular weight is 538 g/mol. The van der Waals surface area contributed by atoms with Crippen LogP contribution in [0, 0.1) is 17.0 Å². The smallest absolute Gasteiger partial charge is 0.303 e. The highest BCUT2D eigenvalue weighted by atomic mass is 19.1. The molecule has 0 amide bonds. The molecule has 2 aliphatic rings. The van der Waals surface area contributed by atoms with E-state index in [0.717, 1.165) is 36.6 Å². The number of aromatic nitrogens is 1. The van der Waals surface area contributed by atoms with E-state index in [4.69, 9.17) is 14.6 Å². The van der Waals surface area contributed by atoms with Gasteiger partial charge in [0.2, 0.25) is 5.88 Å². The molecule has 1 unspecified atom stereocenters. The molecule has 1 heterocycles. The molecule has 2 aromatic carbocycles. The molecule has 7 heteroatoms. The summed E-state index contributed by atoms with van der Waals surface area (Å²) in [5.74, 6) is -0.956. The first kappa shape index (κ1) is 28.5. The van der Waals surface area contributed by atoms with E-state index in [1.54, 1.807) is 18.2 Å². The van der Waals surface area contributed by atoms with Crippen LogP contribution in [0.5, 0.6) is 11.6 Å². The number of aliphatic carboxylic acids is 1. The highest BCUT2D eigenvalue weighted by molar-refractivity contribution is 5.70. The van der Waals surface area contributed by atoms with Crippen LogP contribution in [0.15, 0.2) is 48.7 Å². The molecule has 2 fully saturated rings. The first-order chi connectivity index (χ1) is 18.7. The number of nitrogens with zero attached hydrogens (tertiary/aromatic N) is 1. The van der Waals surface area contributed by atoms with Gasteiger partial charge in [0.05, 0.1) is 13.3 Å². The van der Waals surface area contributed by atoms with E-state index in [-0.39, 0.29) is 35.8 Å². The molecule has 5 nitrogen and oxygen atoms in total. The molecular weight excluding hydrogens is 500 g/mol. The first-order valence-corrected chi connectivity index (χ1v) is 13.6. The highest BCUT2D eigenvalue weighted by Crippen LogP contribution is 2.51. The lowest BCUT2D eigenvalue weighted by Crippen LogP contribution is -2.17. The maximum absolute atomic E-state index is 15.4. The van der Waals surface area contributed by atoms with Gasteiger partial charge in [0.15, 0.2) is 0 Å². The van der Waals surface area contributed by atoms with Gasteiger partial charge in [-0.3, -0.25) is 4.79 Å². The van der Waals surface area contributed by atoms with Crippen molar-refractivity contribution in [1.29, 1.82) is 0 Å². The summed E-state index contributed by atoms with van der Waals surface area (Å²) in [5, 5.41) is 8.92. The van der Waals surface area contributed by atoms with Crippen molar-refractivity contribution < 1.29 is 28.2 Å². The predicted molar refractivity (Wildman–Crippen MR) is 147 cm³/mol. The zero-order chi connectivity index (χ0) is 28.0. The summed E-state index contributed by atoms with van der Waals surface area (Å²) in [5.41, 5.74) is 2.86. The van der Waals surface area contributed by atoms with E-state index >= 15 is 4.39 Å². The van der Waals surface area contributed by atoms with Crippen molar-refractivity contribution >= 4 is 5.97 Å². The van der Waals surface area contributed by atoms with Gasteiger partial charge in [0.1, 0.15) is 24.0 Å². The van der Waals surface area contributed by atoms with Crippen molar-refractivity contribution in [3.63, 3.8) is 0 Å². The summed E-state index contributed by atoms with van der Waals surface area (Å²) < 4.78 is 41.4. The van der Waals surface area contributed by atoms with Crippen LogP contribution >= 0.6 is 0 Å². The van der Waals surface area contributed by atoms with Crippen molar-refractivity contribution in [3.05, 3.63) is 77.0 Å². The monoisotopic (exact) mass is 537 g/mol. The van der Waals surface area contributed by atoms with Crippen LogP contribution in [-0.4, -0.2) is 23.2 Å². The molecule has 5 rings (SSSR count). The van der Waals surface area contributed by atoms with Gasteiger partial charge >= 0.3 is 5.97 Å². The minimum atomic E-state index is -0.867. The van der Waals surface area contributed by atoms with Crippen molar-refractivity contribution in [2.75, 3.05) is 7.11 Å². The van der Waals surface area contributed by atoms with Crippen molar-refractivity contribution in [2.24, 2.45) is 5.41 Å². The number of ether oxygens (including phenoxy) is 2. The molecule has 2 saturated carbocycles. The number of hydrogen-bond donors (Lipinski definition) is 1. The molecule has 0 saturated heterocycles. The molecule has 2 aliphatic carbocycles. The molecule has 3 aromatic rings. The summed E-state index contributed by atoms with van der Waals surface area (Å²) in [6.45, 7) is 4.39. The number of halogens is 2. The van der Waals surface area contributed by atoms with Crippen molar-refractivity contribution in [1.82, 2.24) is 4.98 Å². The molecular formula is C32H37F2NO4. The minimum Gasteiger partial charge on any atom is -0.489 e. The number of pyridine rings is 1. The van der Waals surface area contributed by atoms with Crippen LogP contribution in [0.3, 0.4) is 0 Å². The van der Waals surface area contributed by atoms with Crippen molar-refractivity contribution in [3.8, 4) is 22.8 Å². The number of rotatable bonds is 9. The third-order valence-corrected chi connectivity index (χ3v) is 7.45. The predicted octanol–water partition coefficient (Wildman–Crippen LogP) is 8.10. The summed E-state index contributed by atoms with van der Waals surface area (Å²) in [6, 6.07) is 11.9. The van der Waals surface area contributed by atoms with Gasteiger partial charge < -0.3 is 14.6 Å². The lowest BCUT2D eigenvalue weighted by Gasteiger charge is -2.30. The Morgan fingerprint density at radius 1 is 1.05 bits per heavy atom. The van der Waals surface area contributed by atoms with E-state index in [1.165, 1.54) is 38.5 Å². The van der Waals surface area contributed by atoms with Gasteiger partial charge in [-0.1, -0.05) is 51.7 Å². The van der Waals surface area contributed by atoms with E-state index < -0.39 is 17.6 Å².